The molecular formula is C19H22N2O2. The third-order valence-corrected chi connectivity index (χ3v) is 4.13. The fourth-order valence-corrected chi connectivity index (χ4v) is 2.84. The van der Waals surface area contributed by atoms with Crippen LogP contribution in [0.4, 0.5) is 0 Å². The van der Waals surface area contributed by atoms with E-state index in [1.165, 1.54) is 31.2 Å². The number of carbonyl (C=O) groups excluding carboxylic acids is 1. The number of aromatic nitrogens is 1. The van der Waals surface area contributed by atoms with Gasteiger partial charge in [0.25, 0.3) is 5.91 Å². The maximum atomic E-state index is 11.9. The van der Waals surface area contributed by atoms with Crippen molar-refractivity contribution in [3.05, 3.63) is 59.9 Å². The van der Waals surface area contributed by atoms with Crippen molar-refractivity contribution in [2.24, 2.45) is 0 Å². The molecule has 1 fully saturated rings. The zero-order valence-corrected chi connectivity index (χ0v) is 13.2. The van der Waals surface area contributed by atoms with Crippen molar-refractivity contribution >= 4 is 5.91 Å². The van der Waals surface area contributed by atoms with Crippen LogP contribution in [0.2, 0.25) is 0 Å². The summed E-state index contributed by atoms with van der Waals surface area (Å²) < 4.78 is 5.95. The van der Waals surface area contributed by atoms with E-state index in [-0.39, 0.29) is 5.91 Å². The Kier molecular flexibility index (Phi) is 5.25. The Morgan fingerprint density at radius 2 is 1.91 bits per heavy atom. The molecule has 0 saturated heterocycles. The Morgan fingerprint density at radius 3 is 2.61 bits per heavy atom. The summed E-state index contributed by atoms with van der Waals surface area (Å²) in [5, 5.41) is 2.89. The molecule has 1 aliphatic rings. The Morgan fingerprint density at radius 1 is 1.13 bits per heavy atom. The quantitative estimate of drug-likeness (QED) is 0.890. The van der Waals surface area contributed by atoms with Gasteiger partial charge in [0.2, 0.25) is 0 Å². The molecule has 1 saturated carbocycles. The minimum atomic E-state index is -0.133. The van der Waals surface area contributed by atoms with Crippen molar-refractivity contribution in [1.82, 2.24) is 10.3 Å². The Hall–Kier alpha value is -2.36. The number of hydrogen-bond acceptors (Lipinski definition) is 3. The van der Waals surface area contributed by atoms with Crippen LogP contribution in [0, 0.1) is 0 Å². The van der Waals surface area contributed by atoms with Gasteiger partial charge in [-0.15, -0.1) is 0 Å². The molecule has 1 amide bonds. The molecule has 4 nitrogen and oxygen atoms in total. The summed E-state index contributed by atoms with van der Waals surface area (Å²) in [6.07, 6.45) is 7.69. The fraction of sp³-hybridized carbons (Fsp3) is 0.368. The maximum Gasteiger partial charge on any atom is 0.269 e. The first-order valence-corrected chi connectivity index (χ1v) is 8.26. The van der Waals surface area contributed by atoms with E-state index in [9.17, 15) is 4.79 Å². The van der Waals surface area contributed by atoms with E-state index in [0.717, 1.165) is 12.2 Å². The van der Waals surface area contributed by atoms with Crippen LogP contribution in [0.25, 0.3) is 0 Å². The summed E-state index contributed by atoms with van der Waals surface area (Å²) in [6, 6.07) is 13.5. The van der Waals surface area contributed by atoms with Crippen LogP contribution in [0.5, 0.6) is 5.75 Å². The number of ether oxygens (including phenoxy) is 1. The van der Waals surface area contributed by atoms with Crippen LogP contribution < -0.4 is 10.1 Å². The molecule has 0 spiro atoms. The van der Waals surface area contributed by atoms with Gasteiger partial charge >= 0.3 is 0 Å². The number of nitrogens with one attached hydrogen (secondary N) is 1. The van der Waals surface area contributed by atoms with Gasteiger partial charge < -0.3 is 10.1 Å². The number of carbonyl (C=O) groups is 1. The third kappa shape index (κ3) is 4.55. The van der Waals surface area contributed by atoms with E-state index in [1.54, 1.807) is 18.3 Å². The van der Waals surface area contributed by atoms with Crippen molar-refractivity contribution in [2.75, 3.05) is 6.54 Å². The van der Waals surface area contributed by atoms with Gasteiger partial charge in [-0.05, 0) is 61.9 Å². The third-order valence-electron chi connectivity index (χ3n) is 4.13. The normalized spacial score (nSPS) is 14.6. The first-order valence-electron chi connectivity index (χ1n) is 8.26. The number of nitrogens with zero attached hydrogens (tertiary/aromatic N) is 1. The number of benzene rings is 1. The zero-order chi connectivity index (χ0) is 15.9. The van der Waals surface area contributed by atoms with Crippen molar-refractivity contribution in [3.63, 3.8) is 0 Å². The van der Waals surface area contributed by atoms with Gasteiger partial charge in [-0.25, -0.2) is 0 Å². The monoisotopic (exact) mass is 310 g/mol. The van der Waals surface area contributed by atoms with E-state index in [0.29, 0.717) is 18.3 Å². The van der Waals surface area contributed by atoms with Crippen LogP contribution in [0.1, 0.15) is 41.7 Å². The molecule has 1 aromatic heterocycles. The van der Waals surface area contributed by atoms with Gasteiger partial charge in [0.15, 0.2) is 0 Å². The van der Waals surface area contributed by atoms with Gasteiger partial charge in [0.05, 0.1) is 6.10 Å². The standard InChI is InChI=1S/C19H22N2O2/c22-19(18-7-3-4-13-20-18)21-14-12-15-8-10-17(11-9-15)23-16-5-1-2-6-16/h3-4,7-11,13,16H,1-2,5-6,12,14H2,(H,21,22). The van der Waals surface area contributed by atoms with Crippen LogP contribution in [-0.4, -0.2) is 23.5 Å². The molecule has 1 heterocycles. The lowest BCUT2D eigenvalue weighted by molar-refractivity contribution is 0.0949. The highest BCUT2D eigenvalue weighted by molar-refractivity contribution is 5.92. The number of hydrogen-bond donors (Lipinski definition) is 1. The molecule has 1 aromatic carbocycles. The van der Waals surface area contributed by atoms with Gasteiger partial charge in [-0.1, -0.05) is 18.2 Å². The van der Waals surface area contributed by atoms with Crippen molar-refractivity contribution < 1.29 is 9.53 Å². The van der Waals surface area contributed by atoms with Crippen molar-refractivity contribution in [3.8, 4) is 5.75 Å². The van der Waals surface area contributed by atoms with E-state index in [2.05, 4.69) is 22.4 Å². The molecule has 0 aliphatic heterocycles. The number of rotatable bonds is 6. The van der Waals surface area contributed by atoms with E-state index in [1.807, 2.05) is 18.2 Å². The predicted octanol–water partition coefficient (Wildman–Crippen LogP) is 3.38. The average molecular weight is 310 g/mol. The van der Waals surface area contributed by atoms with Crippen LogP contribution in [0.15, 0.2) is 48.7 Å². The molecule has 0 unspecified atom stereocenters. The summed E-state index contributed by atoms with van der Waals surface area (Å²) in [5.41, 5.74) is 1.64. The molecule has 0 bridgehead atoms. The summed E-state index contributed by atoms with van der Waals surface area (Å²) in [6.45, 7) is 0.595. The molecule has 2 aromatic rings. The topological polar surface area (TPSA) is 51.2 Å². The Bertz CT molecular complexity index is 620. The average Bonchev–Trinajstić information content (AvgIpc) is 3.10. The molecular weight excluding hydrogens is 288 g/mol. The largest absolute Gasteiger partial charge is 0.490 e. The van der Waals surface area contributed by atoms with Crippen molar-refractivity contribution in [1.29, 1.82) is 0 Å². The fourth-order valence-electron chi connectivity index (χ4n) is 2.84. The van der Waals surface area contributed by atoms with Crippen molar-refractivity contribution in [2.45, 2.75) is 38.2 Å². The smallest absolute Gasteiger partial charge is 0.269 e. The number of amides is 1. The summed E-state index contributed by atoms with van der Waals surface area (Å²) in [7, 11) is 0. The molecule has 3 rings (SSSR count). The molecule has 120 valence electrons. The molecule has 0 atom stereocenters. The van der Waals surface area contributed by atoms with Gasteiger partial charge in [0, 0.05) is 12.7 Å². The van der Waals surface area contributed by atoms with Crippen LogP contribution in [0.3, 0.4) is 0 Å². The lowest BCUT2D eigenvalue weighted by Crippen LogP contribution is -2.26. The molecule has 1 N–H and O–H groups in total. The maximum absolute atomic E-state index is 11.9. The minimum Gasteiger partial charge on any atom is -0.490 e. The second-order valence-corrected chi connectivity index (χ2v) is 5.89. The van der Waals surface area contributed by atoms with Crippen LogP contribution >= 0.6 is 0 Å². The lowest BCUT2D eigenvalue weighted by atomic mass is 10.1. The predicted molar refractivity (Wildman–Crippen MR) is 89.6 cm³/mol. The van der Waals surface area contributed by atoms with Gasteiger partial charge in [0.1, 0.15) is 11.4 Å². The highest BCUT2D eigenvalue weighted by Gasteiger charge is 2.16. The number of pyridine rings is 1. The highest BCUT2D eigenvalue weighted by atomic mass is 16.5. The Labute approximate surface area is 136 Å². The first kappa shape index (κ1) is 15.5. The summed E-state index contributed by atoms with van der Waals surface area (Å²) in [4.78, 5) is 15.9. The zero-order valence-electron chi connectivity index (χ0n) is 13.2. The first-order chi connectivity index (χ1) is 11.3. The van der Waals surface area contributed by atoms with Crippen LogP contribution in [-0.2, 0) is 6.42 Å². The van der Waals surface area contributed by atoms with E-state index >= 15 is 0 Å². The Balaban J connectivity index is 1.44. The second-order valence-electron chi connectivity index (χ2n) is 5.89. The van der Waals surface area contributed by atoms with E-state index in [4.69, 9.17) is 4.74 Å². The van der Waals surface area contributed by atoms with Gasteiger partial charge in [-0.3, -0.25) is 9.78 Å². The molecule has 4 heteroatoms. The molecule has 0 radical (unpaired) electrons. The minimum absolute atomic E-state index is 0.133. The summed E-state index contributed by atoms with van der Waals surface area (Å²) in [5.74, 6) is 0.810. The lowest BCUT2D eigenvalue weighted by Gasteiger charge is -2.13. The van der Waals surface area contributed by atoms with Gasteiger partial charge in [-0.2, -0.15) is 0 Å². The second kappa shape index (κ2) is 7.77. The van der Waals surface area contributed by atoms with E-state index < -0.39 is 0 Å². The molecule has 1 aliphatic carbocycles. The molecule has 23 heavy (non-hydrogen) atoms. The summed E-state index contributed by atoms with van der Waals surface area (Å²) >= 11 is 0. The highest BCUT2D eigenvalue weighted by Crippen LogP contribution is 2.24. The SMILES string of the molecule is O=C(NCCc1ccc(OC2CCCC2)cc1)c1ccccn1.